The maximum absolute atomic E-state index is 4.61. The number of hydrogen-bond donors (Lipinski definition) is 2. The quantitative estimate of drug-likeness (QED) is 0.456. The Morgan fingerprint density at radius 2 is 1.07 bits per heavy atom. The largest absolute Gasteiger partial charge is 0.412 e. The van der Waals surface area contributed by atoms with E-state index in [1.54, 1.807) is 0 Å². The Morgan fingerprint density at radius 3 is 1.48 bits per heavy atom. The average Bonchev–Trinajstić information content (AvgIpc) is 3.17. The number of rotatable bonds is 6. The van der Waals surface area contributed by atoms with Gasteiger partial charge in [-0.3, -0.25) is 0 Å². The summed E-state index contributed by atoms with van der Waals surface area (Å²) in [6.45, 7) is 0. The van der Waals surface area contributed by atoms with E-state index in [0.717, 1.165) is 58.1 Å². The van der Waals surface area contributed by atoms with E-state index < -0.39 is 0 Å². The van der Waals surface area contributed by atoms with Gasteiger partial charge in [0.1, 0.15) is 11.6 Å². The molecule has 2 aromatic heterocycles. The Kier molecular flexibility index (Phi) is 11.1. The van der Waals surface area contributed by atoms with Gasteiger partial charge in [0.25, 0.3) is 0 Å². The van der Waals surface area contributed by atoms with Crippen LogP contribution in [-0.4, -0.2) is 42.4 Å². The Morgan fingerprint density at radius 1 is 0.667 bits per heavy atom. The second-order valence-electron chi connectivity index (χ2n) is 5.51. The van der Waals surface area contributed by atoms with Crippen molar-refractivity contribution < 1.29 is 11.0 Å². The first-order valence-corrected chi connectivity index (χ1v) is 8.99. The van der Waals surface area contributed by atoms with Gasteiger partial charge in [-0.15, -0.1) is 24.8 Å². The van der Waals surface area contributed by atoms with Gasteiger partial charge in [-0.1, -0.05) is 24.3 Å². The van der Waals surface area contributed by atoms with Crippen molar-refractivity contribution in [3.63, 3.8) is 0 Å². The molecule has 0 aliphatic rings. The number of aromatic nitrogens is 4. The first-order chi connectivity index (χ1) is 11.4. The van der Waals surface area contributed by atoms with Gasteiger partial charge in [0.2, 0.25) is 0 Å². The summed E-state index contributed by atoms with van der Waals surface area (Å²) in [7, 11) is 0. The summed E-state index contributed by atoms with van der Waals surface area (Å²) in [5.74, 6) is 4.28. The van der Waals surface area contributed by atoms with Crippen LogP contribution in [-0.2, 0) is 12.8 Å². The van der Waals surface area contributed by atoms with E-state index in [4.69, 9.17) is 0 Å². The third-order valence-electron chi connectivity index (χ3n) is 3.84. The fraction of sp³-hybridized carbons (Fsp3) is 0.222. The number of para-hydroxylation sites is 4. The second-order valence-corrected chi connectivity index (χ2v) is 6.74. The molecule has 6 N–H and O–H groups in total. The van der Waals surface area contributed by atoms with Gasteiger partial charge in [-0.25, -0.2) is 9.97 Å². The number of H-pyrrole nitrogens is 2. The first kappa shape index (κ1) is 25.2. The molecule has 4 rings (SSSR count). The second kappa shape index (κ2) is 11.8. The smallest absolute Gasteiger partial charge is 0.108 e. The van der Waals surface area contributed by atoms with E-state index in [1.807, 2.05) is 48.2 Å². The minimum atomic E-state index is 0. The van der Waals surface area contributed by atoms with Crippen LogP contribution in [0.1, 0.15) is 11.6 Å². The van der Waals surface area contributed by atoms with E-state index in [9.17, 15) is 0 Å². The third kappa shape index (κ3) is 6.12. The van der Waals surface area contributed by atoms with Crippen LogP contribution in [0, 0.1) is 0 Å². The lowest BCUT2D eigenvalue weighted by Crippen LogP contribution is -1.95. The molecule has 27 heavy (non-hydrogen) atoms. The summed E-state index contributed by atoms with van der Waals surface area (Å²) in [5, 5.41) is 0. The van der Waals surface area contributed by atoms with Crippen LogP contribution in [0.15, 0.2) is 48.5 Å². The summed E-state index contributed by atoms with van der Waals surface area (Å²) >= 11 is 1.94. The number of nitrogens with one attached hydrogen (secondary N) is 2. The molecular weight excluding hydrogens is 407 g/mol. The van der Waals surface area contributed by atoms with Gasteiger partial charge < -0.3 is 20.9 Å². The van der Waals surface area contributed by atoms with E-state index in [-0.39, 0.29) is 35.8 Å². The zero-order valence-electron chi connectivity index (χ0n) is 14.6. The summed E-state index contributed by atoms with van der Waals surface area (Å²) < 4.78 is 0. The summed E-state index contributed by atoms with van der Waals surface area (Å²) in [4.78, 5) is 16.0. The predicted molar refractivity (Wildman–Crippen MR) is 119 cm³/mol. The van der Waals surface area contributed by atoms with Crippen LogP contribution < -0.4 is 0 Å². The van der Waals surface area contributed by atoms with Crippen LogP contribution in [0.5, 0.6) is 0 Å². The van der Waals surface area contributed by atoms with Gasteiger partial charge in [0.05, 0.1) is 22.1 Å². The lowest BCUT2D eigenvalue weighted by molar-refractivity contribution is 0.823. The Labute approximate surface area is 174 Å². The molecule has 148 valence electrons. The Balaban J connectivity index is 0.00000169. The SMILES string of the molecule is Cl.Cl.O.O.c1ccc2[nH]c(CCSCCc3nc4ccccc4[nH]3)nc2c1. The van der Waals surface area contributed by atoms with E-state index in [2.05, 4.69) is 32.1 Å². The number of imidazole rings is 2. The normalized spacial score (nSPS) is 9.78. The number of aromatic amines is 2. The summed E-state index contributed by atoms with van der Waals surface area (Å²) in [6, 6.07) is 16.3. The number of halogens is 2. The van der Waals surface area contributed by atoms with Crippen molar-refractivity contribution >= 4 is 58.6 Å². The molecule has 0 fully saturated rings. The maximum Gasteiger partial charge on any atom is 0.108 e. The molecule has 0 aliphatic carbocycles. The lowest BCUT2D eigenvalue weighted by atomic mass is 10.3. The molecule has 4 aromatic rings. The maximum atomic E-state index is 4.61. The van der Waals surface area contributed by atoms with Gasteiger partial charge in [-0.2, -0.15) is 11.8 Å². The molecule has 9 heteroatoms. The van der Waals surface area contributed by atoms with E-state index in [1.165, 1.54) is 0 Å². The molecule has 0 radical (unpaired) electrons. The molecule has 0 atom stereocenters. The van der Waals surface area contributed by atoms with E-state index in [0.29, 0.717) is 0 Å². The van der Waals surface area contributed by atoms with Crippen molar-refractivity contribution in [1.29, 1.82) is 0 Å². The molecule has 0 saturated carbocycles. The highest BCUT2D eigenvalue weighted by Crippen LogP contribution is 2.14. The minimum Gasteiger partial charge on any atom is -0.412 e. The molecule has 0 spiro atoms. The van der Waals surface area contributed by atoms with Crippen molar-refractivity contribution in [3.05, 3.63) is 60.2 Å². The average molecular weight is 431 g/mol. The van der Waals surface area contributed by atoms with Gasteiger partial charge in [0, 0.05) is 24.3 Å². The third-order valence-corrected chi connectivity index (χ3v) is 4.83. The predicted octanol–water partition coefficient (Wildman–Crippen LogP) is 3.15. The number of nitrogens with zero attached hydrogens (tertiary/aromatic N) is 2. The highest BCUT2D eigenvalue weighted by molar-refractivity contribution is 7.99. The monoisotopic (exact) mass is 430 g/mol. The number of aryl methyl sites for hydroxylation is 2. The van der Waals surface area contributed by atoms with Crippen LogP contribution in [0.25, 0.3) is 22.1 Å². The van der Waals surface area contributed by atoms with Crippen molar-refractivity contribution in [2.24, 2.45) is 0 Å². The van der Waals surface area contributed by atoms with Gasteiger partial charge >= 0.3 is 0 Å². The van der Waals surface area contributed by atoms with Crippen LogP contribution in [0.2, 0.25) is 0 Å². The van der Waals surface area contributed by atoms with Crippen molar-refractivity contribution in [3.8, 4) is 0 Å². The van der Waals surface area contributed by atoms with Crippen molar-refractivity contribution in [2.75, 3.05) is 11.5 Å². The molecule has 0 unspecified atom stereocenters. The topological polar surface area (TPSA) is 120 Å². The lowest BCUT2D eigenvalue weighted by Gasteiger charge is -1.98. The number of hydrogen-bond acceptors (Lipinski definition) is 3. The van der Waals surface area contributed by atoms with Crippen LogP contribution in [0.4, 0.5) is 0 Å². The van der Waals surface area contributed by atoms with Gasteiger partial charge in [-0.05, 0) is 24.3 Å². The Hall–Kier alpha value is -1.77. The van der Waals surface area contributed by atoms with Crippen molar-refractivity contribution in [2.45, 2.75) is 12.8 Å². The zero-order valence-corrected chi connectivity index (χ0v) is 17.0. The molecule has 0 saturated heterocycles. The zero-order chi connectivity index (χ0) is 15.5. The Bertz CT molecular complexity index is 803. The molecule has 0 aliphatic heterocycles. The number of thioether (sulfide) groups is 1. The highest BCUT2D eigenvalue weighted by atomic mass is 35.5. The molecule has 0 amide bonds. The first-order valence-electron chi connectivity index (χ1n) is 7.83. The van der Waals surface area contributed by atoms with Crippen molar-refractivity contribution in [1.82, 2.24) is 19.9 Å². The molecular formula is C18H24Cl2N4O2S. The summed E-state index contributed by atoms with van der Waals surface area (Å²) in [5.41, 5.74) is 4.34. The molecule has 2 heterocycles. The van der Waals surface area contributed by atoms with Crippen LogP contribution >= 0.6 is 36.6 Å². The fourth-order valence-electron chi connectivity index (χ4n) is 2.69. The summed E-state index contributed by atoms with van der Waals surface area (Å²) in [6.07, 6.45) is 1.94. The fourth-order valence-corrected chi connectivity index (χ4v) is 3.57. The van der Waals surface area contributed by atoms with Crippen LogP contribution in [0.3, 0.4) is 0 Å². The molecule has 6 nitrogen and oxygen atoms in total. The molecule has 0 bridgehead atoms. The highest BCUT2D eigenvalue weighted by Gasteiger charge is 2.04. The molecule has 2 aromatic carbocycles. The van der Waals surface area contributed by atoms with Gasteiger partial charge in [0.15, 0.2) is 0 Å². The number of benzene rings is 2. The standard InChI is InChI=1S/C18H18N4S.2ClH.2H2O/c1-2-6-14-13(5-1)19-17(20-14)9-11-23-12-10-18-21-15-7-3-4-8-16(15)22-18;;;;/h1-8H,9-12H2,(H,19,20)(H,21,22);2*1H;2*1H2. The van der Waals surface area contributed by atoms with E-state index >= 15 is 0 Å². The minimum absolute atomic E-state index is 0. The number of fused-ring (bicyclic) bond motifs is 2.